The minimum atomic E-state index is -4.74. The molecular weight excluding hydrogens is 475 g/mol. The van der Waals surface area contributed by atoms with Gasteiger partial charge < -0.3 is 14.6 Å². The monoisotopic (exact) mass is 496 g/mol. The van der Waals surface area contributed by atoms with Crippen LogP contribution in [0.25, 0.3) is 5.69 Å². The Hall–Kier alpha value is -3.96. The third-order valence-corrected chi connectivity index (χ3v) is 4.49. The molecule has 186 valence electrons. The summed E-state index contributed by atoms with van der Waals surface area (Å²) in [7, 11) is 0. The third-order valence-electron chi connectivity index (χ3n) is 4.49. The number of aromatic nitrogens is 2. The van der Waals surface area contributed by atoms with E-state index in [4.69, 9.17) is 4.74 Å². The molecule has 1 N–H and O–H groups in total. The highest BCUT2D eigenvalue weighted by atomic mass is 19.4. The number of hydrogen-bond donors (Lipinski definition) is 1. The van der Waals surface area contributed by atoms with E-state index >= 15 is 0 Å². The highest BCUT2D eigenvalue weighted by Crippen LogP contribution is 2.32. The van der Waals surface area contributed by atoms with E-state index in [9.17, 15) is 31.6 Å². The van der Waals surface area contributed by atoms with Crippen molar-refractivity contribution < 1.29 is 36.4 Å². The Labute approximate surface area is 197 Å². The number of hydrogen-bond acceptors (Lipinski definition) is 4. The summed E-state index contributed by atoms with van der Waals surface area (Å²) in [5.41, 5.74) is -2.94. The predicted octanol–water partition coefficient (Wildman–Crippen LogP) is 6.22. The molecule has 0 unspecified atom stereocenters. The van der Waals surface area contributed by atoms with Crippen molar-refractivity contribution in [1.82, 2.24) is 9.55 Å². The molecule has 0 fully saturated rings. The number of aryl methyl sites for hydroxylation is 1. The van der Waals surface area contributed by atoms with Gasteiger partial charge in [0.1, 0.15) is 17.1 Å². The van der Waals surface area contributed by atoms with Crippen LogP contribution in [0.4, 0.5) is 38.2 Å². The lowest BCUT2D eigenvalue weighted by Gasteiger charge is -2.22. The summed E-state index contributed by atoms with van der Waals surface area (Å²) < 4.78 is 75.1. The summed E-state index contributed by atoms with van der Waals surface area (Å²) in [6, 6.07) is 5.37. The normalized spacial score (nSPS) is 11.8. The Bertz CT molecular complexity index is 1260. The van der Waals surface area contributed by atoms with Crippen molar-refractivity contribution in [2.24, 2.45) is 0 Å². The number of nitrogens with zero attached hydrogens (tertiary/aromatic N) is 3. The van der Waals surface area contributed by atoms with Gasteiger partial charge in [0.2, 0.25) is 0 Å². The Morgan fingerprint density at radius 1 is 1.09 bits per heavy atom. The second-order valence-electron chi connectivity index (χ2n) is 8.57. The number of carbonyl (C=O) groups excluding carboxylic acids is 2. The Morgan fingerprint density at radius 3 is 2.34 bits per heavy atom. The standard InChI is InChI=1S/C23H21F5N4O3/c1-13-11-31(12-29-13)17-8-14(7-15(9-17)23(25,26)27)20(33)30-16-5-6-18(24)19(10-16)32(28)21(34)35-22(2,3)4/h5-12H,1-4H3,(H,30,33). The fourth-order valence-electron chi connectivity index (χ4n) is 2.96. The van der Waals surface area contributed by atoms with Crippen LogP contribution in [0.1, 0.15) is 42.4 Å². The smallest absolute Gasteiger partial charge is 0.442 e. The zero-order valence-corrected chi connectivity index (χ0v) is 19.1. The van der Waals surface area contributed by atoms with E-state index in [0.29, 0.717) is 11.8 Å². The summed E-state index contributed by atoms with van der Waals surface area (Å²) in [4.78, 5) is 28.7. The third kappa shape index (κ3) is 6.34. The van der Waals surface area contributed by atoms with Crippen LogP contribution in [0.3, 0.4) is 0 Å². The molecule has 1 heterocycles. The van der Waals surface area contributed by atoms with Gasteiger partial charge in [0.25, 0.3) is 5.91 Å². The van der Waals surface area contributed by atoms with Gasteiger partial charge >= 0.3 is 12.3 Å². The zero-order chi connectivity index (χ0) is 26.1. The van der Waals surface area contributed by atoms with Crippen molar-refractivity contribution in [2.75, 3.05) is 10.4 Å². The molecule has 0 saturated heterocycles. The molecule has 0 aliphatic rings. The molecular formula is C23H21F5N4O3. The number of halogens is 5. The number of carbonyl (C=O) groups is 2. The fourth-order valence-corrected chi connectivity index (χ4v) is 2.96. The molecule has 12 heteroatoms. The molecule has 35 heavy (non-hydrogen) atoms. The maximum atomic E-state index is 14.5. The molecule has 2 aromatic carbocycles. The van der Waals surface area contributed by atoms with E-state index in [1.165, 1.54) is 43.9 Å². The highest BCUT2D eigenvalue weighted by Gasteiger charge is 2.32. The van der Waals surface area contributed by atoms with Gasteiger partial charge in [-0.3, -0.25) is 4.79 Å². The van der Waals surface area contributed by atoms with E-state index in [1.807, 2.05) is 0 Å². The van der Waals surface area contributed by atoms with Gasteiger partial charge in [-0.1, -0.05) is 4.48 Å². The van der Waals surface area contributed by atoms with Crippen LogP contribution in [0.5, 0.6) is 0 Å². The van der Waals surface area contributed by atoms with E-state index in [0.717, 1.165) is 24.3 Å². The molecule has 0 radical (unpaired) electrons. The first-order valence-corrected chi connectivity index (χ1v) is 10.2. The van der Waals surface area contributed by atoms with E-state index in [-0.39, 0.29) is 16.9 Å². The molecule has 7 nitrogen and oxygen atoms in total. The topological polar surface area (TPSA) is 76.5 Å². The average molecular weight is 496 g/mol. The van der Waals surface area contributed by atoms with Gasteiger partial charge in [0.05, 0.1) is 17.6 Å². The molecule has 0 spiro atoms. The van der Waals surface area contributed by atoms with Gasteiger partial charge in [-0.05, 0) is 64.1 Å². The van der Waals surface area contributed by atoms with Crippen molar-refractivity contribution in [1.29, 1.82) is 0 Å². The number of ether oxygens (including phenoxy) is 1. The quantitative estimate of drug-likeness (QED) is 0.344. The van der Waals surface area contributed by atoms with E-state index < -0.39 is 46.0 Å². The average Bonchev–Trinajstić information content (AvgIpc) is 3.18. The van der Waals surface area contributed by atoms with Crippen LogP contribution in [0.15, 0.2) is 48.9 Å². The highest BCUT2D eigenvalue weighted by molar-refractivity contribution is 6.05. The van der Waals surface area contributed by atoms with Gasteiger partial charge in [-0.2, -0.15) is 13.2 Å². The summed E-state index contributed by atoms with van der Waals surface area (Å²) in [5.74, 6) is -2.11. The number of nitrogens with one attached hydrogen (secondary N) is 1. The van der Waals surface area contributed by atoms with Crippen LogP contribution >= 0.6 is 0 Å². The molecule has 1 aromatic heterocycles. The number of rotatable bonds is 4. The van der Waals surface area contributed by atoms with Crippen LogP contribution in [0.2, 0.25) is 0 Å². The molecule has 3 rings (SSSR count). The summed E-state index contributed by atoms with van der Waals surface area (Å²) >= 11 is 0. The van der Waals surface area contributed by atoms with Gasteiger partial charge in [0.15, 0.2) is 0 Å². The minimum Gasteiger partial charge on any atom is -0.442 e. The number of imidazole rings is 1. The fraction of sp³-hybridized carbons (Fsp3) is 0.261. The Kier molecular flexibility index (Phi) is 6.86. The van der Waals surface area contributed by atoms with Gasteiger partial charge in [-0.25, -0.2) is 14.2 Å². The molecule has 0 aliphatic heterocycles. The van der Waals surface area contributed by atoms with Crippen molar-refractivity contribution in [3.63, 3.8) is 0 Å². The first-order valence-electron chi connectivity index (χ1n) is 10.2. The number of alkyl halides is 3. The predicted molar refractivity (Wildman–Crippen MR) is 117 cm³/mol. The van der Waals surface area contributed by atoms with Crippen LogP contribution in [-0.4, -0.2) is 27.2 Å². The summed E-state index contributed by atoms with van der Waals surface area (Å²) in [6.07, 6.45) is -3.45. The van der Waals surface area contributed by atoms with Crippen LogP contribution < -0.4 is 10.4 Å². The van der Waals surface area contributed by atoms with E-state index in [2.05, 4.69) is 10.3 Å². The first kappa shape index (κ1) is 25.7. The molecule has 0 bridgehead atoms. The molecule has 2 amide bonds. The SMILES string of the molecule is Cc1cn(-c2cc(C(=O)Nc3ccc(F)c(N(F)C(=O)OC(C)(C)C)c3)cc(C(F)(F)F)c2)cn1. The maximum Gasteiger partial charge on any atom is 0.443 e. The van der Waals surface area contributed by atoms with E-state index in [1.54, 1.807) is 6.92 Å². The second kappa shape index (κ2) is 9.35. The Balaban J connectivity index is 1.92. The molecule has 3 aromatic rings. The van der Waals surface area contributed by atoms with Crippen LogP contribution in [0, 0.1) is 12.7 Å². The minimum absolute atomic E-state index is 0.0326. The van der Waals surface area contributed by atoms with Gasteiger partial charge in [0, 0.05) is 23.1 Å². The van der Waals surface area contributed by atoms with Crippen LogP contribution in [-0.2, 0) is 10.9 Å². The lowest BCUT2D eigenvalue weighted by Crippen LogP contribution is -2.32. The largest absolute Gasteiger partial charge is 0.443 e. The van der Waals surface area contributed by atoms with Crippen molar-refractivity contribution in [2.45, 2.75) is 39.5 Å². The lowest BCUT2D eigenvalue weighted by molar-refractivity contribution is -0.137. The van der Waals surface area contributed by atoms with Crippen molar-refractivity contribution in [3.05, 3.63) is 71.6 Å². The molecule has 0 saturated carbocycles. The summed E-state index contributed by atoms with van der Waals surface area (Å²) in [6.45, 7) is 6.11. The van der Waals surface area contributed by atoms with Crippen molar-refractivity contribution >= 4 is 23.4 Å². The molecule has 0 aliphatic carbocycles. The number of anilines is 2. The second-order valence-corrected chi connectivity index (χ2v) is 8.57. The number of benzene rings is 2. The first-order chi connectivity index (χ1) is 16.1. The van der Waals surface area contributed by atoms with Gasteiger partial charge in [-0.15, -0.1) is 5.12 Å². The number of amides is 2. The maximum absolute atomic E-state index is 14.5. The Morgan fingerprint density at radius 2 is 1.77 bits per heavy atom. The lowest BCUT2D eigenvalue weighted by atomic mass is 10.1. The zero-order valence-electron chi connectivity index (χ0n) is 19.1. The molecule has 0 atom stereocenters. The summed E-state index contributed by atoms with van der Waals surface area (Å²) in [5, 5.41) is 1.72. The van der Waals surface area contributed by atoms with Crippen molar-refractivity contribution in [3.8, 4) is 5.69 Å².